The number of carbonyl (C=O) groups excluding carboxylic acids is 1. The Kier molecular flexibility index (Phi) is 3.23. The number of methoxy groups -OCH3 is 1. The van der Waals surface area contributed by atoms with Gasteiger partial charge in [-0.25, -0.2) is 0 Å². The highest BCUT2D eigenvalue weighted by atomic mass is 16.5. The molecular formula is C10H11NO3. The molecule has 0 radical (unpaired) electrons. The van der Waals surface area contributed by atoms with Crippen molar-refractivity contribution in [2.75, 3.05) is 7.11 Å². The molecule has 1 aromatic carbocycles. The topological polar surface area (TPSA) is 58.9 Å². The molecule has 0 aromatic heterocycles. The average molecular weight is 193 g/mol. The smallest absolute Gasteiger partial charge is 0.257 e. The van der Waals surface area contributed by atoms with Crippen LogP contribution in [0.2, 0.25) is 0 Å². The zero-order valence-electron chi connectivity index (χ0n) is 8.02. The Morgan fingerprint density at radius 3 is 2.71 bits per heavy atom. The van der Waals surface area contributed by atoms with Gasteiger partial charge in [-0.1, -0.05) is 6.07 Å². The number of nitrogens with zero attached hydrogens (tertiary/aromatic N) is 1. The molecule has 0 amide bonds. The van der Waals surface area contributed by atoms with Gasteiger partial charge in [0.05, 0.1) is 7.11 Å². The van der Waals surface area contributed by atoms with Gasteiger partial charge >= 0.3 is 0 Å². The molecule has 1 aromatic rings. The first-order valence-corrected chi connectivity index (χ1v) is 4.05. The summed E-state index contributed by atoms with van der Waals surface area (Å²) in [6.07, 6.45) is 0.763. The van der Waals surface area contributed by atoms with E-state index in [9.17, 15) is 4.79 Å². The predicted molar refractivity (Wildman–Crippen MR) is 51.9 cm³/mol. The molecule has 0 saturated carbocycles. The quantitative estimate of drug-likeness (QED) is 0.255. The Morgan fingerprint density at radius 2 is 2.29 bits per heavy atom. The number of ether oxygens (including phenoxy) is 1. The van der Waals surface area contributed by atoms with Crippen molar-refractivity contribution in [2.45, 2.75) is 6.92 Å². The Labute approximate surface area is 81.8 Å². The van der Waals surface area contributed by atoms with Gasteiger partial charge in [0.2, 0.25) is 0 Å². The molecule has 1 N–H and O–H groups in total. The first kappa shape index (κ1) is 10.2. The highest BCUT2D eigenvalue weighted by Gasteiger charge is 2.07. The van der Waals surface area contributed by atoms with Crippen molar-refractivity contribution in [2.24, 2.45) is 5.16 Å². The average Bonchev–Trinajstić information content (AvgIpc) is 2.22. The van der Waals surface area contributed by atoms with Gasteiger partial charge in [-0.2, -0.15) is 0 Å². The van der Waals surface area contributed by atoms with Gasteiger partial charge in [0.15, 0.2) is 0 Å². The van der Waals surface area contributed by atoms with Gasteiger partial charge < -0.3 is 9.94 Å². The van der Waals surface area contributed by atoms with Crippen LogP contribution in [-0.4, -0.2) is 24.5 Å². The standard InChI is InChI=1S/C10H11NO3/c1-7-5-8(6-12)3-4-9(7)10(11-13)14-2/h3-6,13H,1-2H3. The second-order valence-corrected chi connectivity index (χ2v) is 2.80. The van der Waals surface area contributed by atoms with E-state index in [1.54, 1.807) is 18.2 Å². The summed E-state index contributed by atoms with van der Waals surface area (Å²) in [5.74, 6) is 0.139. The molecule has 74 valence electrons. The molecule has 0 spiro atoms. The van der Waals surface area contributed by atoms with E-state index in [0.29, 0.717) is 11.1 Å². The number of hydrogen-bond donors (Lipinski definition) is 1. The zero-order chi connectivity index (χ0) is 10.6. The third-order valence-corrected chi connectivity index (χ3v) is 1.90. The van der Waals surface area contributed by atoms with Crippen LogP contribution in [0.3, 0.4) is 0 Å². The Morgan fingerprint density at radius 1 is 1.57 bits per heavy atom. The highest BCUT2D eigenvalue weighted by molar-refractivity contribution is 5.95. The van der Waals surface area contributed by atoms with E-state index in [0.717, 1.165) is 11.8 Å². The van der Waals surface area contributed by atoms with Crippen LogP contribution < -0.4 is 0 Å². The van der Waals surface area contributed by atoms with Gasteiger partial charge in [-0.15, -0.1) is 0 Å². The van der Waals surface area contributed by atoms with Crippen molar-refractivity contribution in [3.8, 4) is 0 Å². The number of aldehydes is 1. The second kappa shape index (κ2) is 4.41. The number of aryl methyl sites for hydroxylation is 1. The second-order valence-electron chi connectivity index (χ2n) is 2.80. The van der Waals surface area contributed by atoms with E-state index >= 15 is 0 Å². The largest absolute Gasteiger partial charge is 0.479 e. The summed E-state index contributed by atoms with van der Waals surface area (Å²) in [6, 6.07) is 5.02. The summed E-state index contributed by atoms with van der Waals surface area (Å²) in [7, 11) is 1.42. The van der Waals surface area contributed by atoms with Gasteiger partial charge in [-0.05, 0) is 29.8 Å². The predicted octanol–water partition coefficient (Wildman–Crippen LogP) is 1.59. The third-order valence-electron chi connectivity index (χ3n) is 1.90. The van der Waals surface area contributed by atoms with Crippen LogP contribution >= 0.6 is 0 Å². The highest BCUT2D eigenvalue weighted by Crippen LogP contribution is 2.11. The fourth-order valence-corrected chi connectivity index (χ4v) is 1.20. The Hall–Kier alpha value is -1.84. The maximum absolute atomic E-state index is 10.5. The summed E-state index contributed by atoms with van der Waals surface area (Å²) < 4.78 is 4.85. The van der Waals surface area contributed by atoms with Gasteiger partial charge in [0.25, 0.3) is 5.90 Å². The molecule has 0 fully saturated rings. The summed E-state index contributed by atoms with van der Waals surface area (Å²) in [6.45, 7) is 1.81. The molecule has 4 heteroatoms. The van der Waals surface area contributed by atoms with Crippen molar-refractivity contribution in [1.29, 1.82) is 0 Å². The zero-order valence-corrected chi connectivity index (χ0v) is 8.02. The Bertz CT molecular complexity index is 372. The summed E-state index contributed by atoms with van der Waals surface area (Å²) in [5.41, 5.74) is 2.07. The van der Waals surface area contributed by atoms with Crippen LogP contribution in [0.5, 0.6) is 0 Å². The third kappa shape index (κ3) is 1.90. The van der Waals surface area contributed by atoms with Gasteiger partial charge in [-0.3, -0.25) is 4.79 Å². The molecule has 14 heavy (non-hydrogen) atoms. The minimum Gasteiger partial charge on any atom is -0.479 e. The summed E-state index contributed by atoms with van der Waals surface area (Å²) in [5, 5.41) is 11.6. The lowest BCUT2D eigenvalue weighted by atomic mass is 10.1. The van der Waals surface area contributed by atoms with Crippen LogP contribution in [-0.2, 0) is 4.74 Å². The monoisotopic (exact) mass is 193 g/mol. The van der Waals surface area contributed by atoms with E-state index < -0.39 is 0 Å². The normalized spacial score (nSPS) is 11.1. The van der Waals surface area contributed by atoms with Crippen LogP contribution in [0, 0.1) is 6.92 Å². The van der Waals surface area contributed by atoms with Crippen molar-refractivity contribution in [1.82, 2.24) is 0 Å². The number of hydrogen-bond acceptors (Lipinski definition) is 4. The lowest BCUT2D eigenvalue weighted by molar-refractivity contribution is 0.112. The lowest BCUT2D eigenvalue weighted by Crippen LogP contribution is -2.06. The fraction of sp³-hybridized carbons (Fsp3) is 0.200. The molecule has 0 saturated heterocycles. The van der Waals surface area contributed by atoms with Crippen molar-refractivity contribution < 1.29 is 14.7 Å². The lowest BCUT2D eigenvalue weighted by Gasteiger charge is -2.06. The van der Waals surface area contributed by atoms with E-state index in [1.165, 1.54) is 7.11 Å². The maximum Gasteiger partial charge on any atom is 0.257 e. The number of carbonyl (C=O) groups is 1. The van der Waals surface area contributed by atoms with E-state index in [2.05, 4.69) is 5.16 Å². The van der Waals surface area contributed by atoms with Crippen molar-refractivity contribution in [3.63, 3.8) is 0 Å². The van der Waals surface area contributed by atoms with Crippen LogP contribution in [0.15, 0.2) is 23.4 Å². The first-order chi connectivity index (χ1) is 6.72. The van der Waals surface area contributed by atoms with Crippen LogP contribution in [0.1, 0.15) is 21.5 Å². The van der Waals surface area contributed by atoms with Crippen molar-refractivity contribution >= 4 is 12.2 Å². The SMILES string of the molecule is COC(=NO)c1ccc(C=O)cc1C. The van der Waals surface area contributed by atoms with Gasteiger partial charge in [0.1, 0.15) is 6.29 Å². The fourth-order valence-electron chi connectivity index (χ4n) is 1.20. The summed E-state index contributed by atoms with van der Waals surface area (Å²) in [4.78, 5) is 10.5. The van der Waals surface area contributed by atoms with E-state index in [1.807, 2.05) is 6.92 Å². The minimum absolute atomic E-state index is 0.139. The van der Waals surface area contributed by atoms with Crippen LogP contribution in [0.4, 0.5) is 0 Å². The summed E-state index contributed by atoms with van der Waals surface area (Å²) >= 11 is 0. The number of oxime groups is 1. The number of rotatable bonds is 2. The molecule has 0 atom stereocenters. The molecule has 0 heterocycles. The van der Waals surface area contributed by atoms with E-state index in [-0.39, 0.29) is 5.90 Å². The van der Waals surface area contributed by atoms with Gasteiger partial charge in [0, 0.05) is 11.1 Å². The maximum atomic E-state index is 10.5. The van der Waals surface area contributed by atoms with Crippen molar-refractivity contribution in [3.05, 3.63) is 34.9 Å². The first-order valence-electron chi connectivity index (χ1n) is 4.05. The van der Waals surface area contributed by atoms with Crippen LogP contribution in [0.25, 0.3) is 0 Å². The molecular weight excluding hydrogens is 182 g/mol. The number of benzene rings is 1. The molecule has 0 bridgehead atoms. The molecule has 0 unspecified atom stereocenters. The molecule has 4 nitrogen and oxygen atoms in total. The molecule has 0 aliphatic rings. The van der Waals surface area contributed by atoms with E-state index in [4.69, 9.17) is 9.94 Å². The minimum atomic E-state index is 0.139. The molecule has 1 rings (SSSR count). The molecule has 0 aliphatic carbocycles. The molecule has 0 aliphatic heterocycles. The Balaban J connectivity index is 3.17.